The minimum Gasteiger partial charge on any atom is -0.493 e. The van der Waals surface area contributed by atoms with E-state index in [-0.39, 0.29) is 5.91 Å². The summed E-state index contributed by atoms with van der Waals surface area (Å²) in [6.07, 6.45) is 0.406. The van der Waals surface area contributed by atoms with E-state index in [9.17, 15) is 4.79 Å². The monoisotopic (exact) mass is 433 g/mol. The lowest BCUT2D eigenvalue weighted by Crippen LogP contribution is -2.47. The van der Waals surface area contributed by atoms with E-state index in [2.05, 4.69) is 15.1 Å². The van der Waals surface area contributed by atoms with Crippen molar-refractivity contribution in [1.29, 1.82) is 0 Å². The predicted octanol–water partition coefficient (Wildman–Crippen LogP) is 3.52. The van der Waals surface area contributed by atoms with Gasteiger partial charge >= 0.3 is 0 Å². The lowest BCUT2D eigenvalue weighted by molar-refractivity contribution is -0.116. The lowest BCUT2D eigenvalue weighted by atomic mass is 10.2. The smallest absolute Gasteiger partial charge is 0.225 e. The summed E-state index contributed by atoms with van der Waals surface area (Å²) in [5.41, 5.74) is 1.68. The fourth-order valence-electron chi connectivity index (χ4n) is 3.56. The number of benzene rings is 2. The zero-order valence-corrected chi connectivity index (χ0v) is 18.4. The highest BCUT2D eigenvalue weighted by molar-refractivity contribution is 6.33. The van der Waals surface area contributed by atoms with Crippen LogP contribution in [0.25, 0.3) is 0 Å². The second kappa shape index (κ2) is 10.4. The molecule has 3 rings (SSSR count). The summed E-state index contributed by atoms with van der Waals surface area (Å²) in [4.78, 5) is 17.0. The van der Waals surface area contributed by atoms with Gasteiger partial charge in [0.05, 0.1) is 32.0 Å². The van der Waals surface area contributed by atoms with Crippen LogP contribution in [-0.4, -0.2) is 64.9 Å². The molecule has 0 saturated carbocycles. The van der Waals surface area contributed by atoms with E-state index in [1.165, 1.54) is 0 Å². The fourth-order valence-corrected chi connectivity index (χ4v) is 3.81. The van der Waals surface area contributed by atoms with Crippen molar-refractivity contribution in [3.8, 4) is 17.2 Å². The van der Waals surface area contributed by atoms with Crippen LogP contribution in [0.5, 0.6) is 17.2 Å². The van der Waals surface area contributed by atoms with Crippen LogP contribution in [0.3, 0.4) is 0 Å². The number of carbonyl (C=O) groups excluding carboxylic acids is 1. The molecule has 1 heterocycles. The van der Waals surface area contributed by atoms with Crippen molar-refractivity contribution in [2.75, 3.05) is 64.3 Å². The fraction of sp³-hybridized carbons (Fsp3) is 0.409. The number of hydrogen-bond acceptors (Lipinski definition) is 6. The van der Waals surface area contributed by atoms with Gasteiger partial charge in [0, 0.05) is 57.0 Å². The molecule has 1 aliphatic heterocycles. The van der Waals surface area contributed by atoms with Gasteiger partial charge in [-0.15, -0.1) is 0 Å². The maximum absolute atomic E-state index is 12.5. The summed E-state index contributed by atoms with van der Waals surface area (Å²) in [5, 5.41) is 3.69. The second-order valence-corrected chi connectivity index (χ2v) is 7.40. The SMILES string of the molecule is COc1cc(NC(=O)CCN2CCN(c3ccccc3Cl)CC2)cc(OC)c1OC. The third kappa shape index (κ3) is 5.29. The van der Waals surface area contributed by atoms with Crippen LogP contribution in [0.4, 0.5) is 11.4 Å². The number of nitrogens with zero attached hydrogens (tertiary/aromatic N) is 2. The number of methoxy groups -OCH3 is 3. The molecule has 1 N–H and O–H groups in total. The summed E-state index contributed by atoms with van der Waals surface area (Å²) in [5.74, 6) is 1.44. The predicted molar refractivity (Wildman–Crippen MR) is 119 cm³/mol. The van der Waals surface area contributed by atoms with Gasteiger partial charge in [0.1, 0.15) is 0 Å². The van der Waals surface area contributed by atoms with Gasteiger partial charge in [0.15, 0.2) is 11.5 Å². The van der Waals surface area contributed by atoms with Gasteiger partial charge in [-0.25, -0.2) is 0 Å². The van der Waals surface area contributed by atoms with Gasteiger partial charge in [0.25, 0.3) is 0 Å². The Morgan fingerprint density at radius 1 is 1.00 bits per heavy atom. The quantitative estimate of drug-likeness (QED) is 0.687. The second-order valence-electron chi connectivity index (χ2n) is 6.99. The summed E-state index contributed by atoms with van der Waals surface area (Å²) in [6, 6.07) is 11.3. The molecule has 30 heavy (non-hydrogen) atoms. The molecule has 0 spiro atoms. The van der Waals surface area contributed by atoms with Gasteiger partial charge in [-0.3, -0.25) is 9.69 Å². The number of anilines is 2. The van der Waals surface area contributed by atoms with Crippen LogP contribution in [0.1, 0.15) is 6.42 Å². The van der Waals surface area contributed by atoms with Gasteiger partial charge in [-0.1, -0.05) is 23.7 Å². The van der Waals surface area contributed by atoms with Crippen molar-refractivity contribution in [3.63, 3.8) is 0 Å². The van der Waals surface area contributed by atoms with Crippen molar-refractivity contribution in [3.05, 3.63) is 41.4 Å². The third-order valence-corrected chi connectivity index (χ3v) is 5.49. The molecule has 1 fully saturated rings. The largest absolute Gasteiger partial charge is 0.493 e. The Labute approximate surface area is 182 Å². The first kappa shape index (κ1) is 22.1. The average molecular weight is 434 g/mol. The molecule has 0 atom stereocenters. The van der Waals surface area contributed by atoms with Crippen molar-refractivity contribution in [2.45, 2.75) is 6.42 Å². The van der Waals surface area contributed by atoms with E-state index in [1.54, 1.807) is 33.5 Å². The number of rotatable bonds is 8. The van der Waals surface area contributed by atoms with Crippen molar-refractivity contribution < 1.29 is 19.0 Å². The first-order valence-corrected chi connectivity index (χ1v) is 10.2. The summed E-state index contributed by atoms with van der Waals surface area (Å²) < 4.78 is 16.0. The highest BCUT2D eigenvalue weighted by atomic mass is 35.5. The number of piperazine rings is 1. The molecule has 1 amide bonds. The van der Waals surface area contributed by atoms with Gasteiger partial charge in [-0.2, -0.15) is 0 Å². The van der Waals surface area contributed by atoms with E-state index >= 15 is 0 Å². The third-order valence-electron chi connectivity index (χ3n) is 5.17. The van der Waals surface area contributed by atoms with Crippen LogP contribution < -0.4 is 24.4 Å². The van der Waals surface area contributed by atoms with Crippen molar-refractivity contribution >= 4 is 28.9 Å². The molecule has 0 aromatic heterocycles. The number of hydrogen-bond donors (Lipinski definition) is 1. The average Bonchev–Trinajstić information content (AvgIpc) is 2.77. The number of nitrogens with one attached hydrogen (secondary N) is 1. The van der Waals surface area contributed by atoms with Crippen LogP contribution in [0, 0.1) is 0 Å². The molecule has 0 bridgehead atoms. The number of ether oxygens (including phenoxy) is 3. The number of carbonyl (C=O) groups is 1. The molecule has 0 aliphatic carbocycles. The van der Waals surface area contributed by atoms with Gasteiger partial charge in [0.2, 0.25) is 11.7 Å². The summed E-state index contributed by atoms with van der Waals surface area (Å²) >= 11 is 6.30. The van der Waals surface area contributed by atoms with Crippen LogP contribution in [0.2, 0.25) is 5.02 Å². The minimum atomic E-state index is -0.0576. The lowest BCUT2D eigenvalue weighted by Gasteiger charge is -2.36. The zero-order valence-electron chi connectivity index (χ0n) is 17.6. The van der Waals surface area contributed by atoms with E-state index in [1.807, 2.05) is 24.3 Å². The normalized spacial score (nSPS) is 14.3. The first-order chi connectivity index (χ1) is 14.5. The Morgan fingerprint density at radius 3 is 2.20 bits per heavy atom. The number of amides is 1. The van der Waals surface area contributed by atoms with E-state index in [0.29, 0.717) is 35.9 Å². The minimum absolute atomic E-state index is 0.0576. The zero-order chi connectivity index (χ0) is 21.5. The van der Waals surface area contributed by atoms with E-state index < -0.39 is 0 Å². The molecular formula is C22H28ClN3O4. The van der Waals surface area contributed by atoms with E-state index in [4.69, 9.17) is 25.8 Å². The number of halogens is 1. The standard InChI is InChI=1S/C22H28ClN3O4/c1-28-19-14-16(15-20(29-2)22(19)30-3)24-21(27)8-9-25-10-12-26(13-11-25)18-7-5-4-6-17(18)23/h4-7,14-15H,8-13H2,1-3H3,(H,24,27). The van der Waals surface area contributed by atoms with Crippen LogP contribution >= 0.6 is 11.6 Å². The topological polar surface area (TPSA) is 63.3 Å². The Bertz CT molecular complexity index is 844. The highest BCUT2D eigenvalue weighted by Crippen LogP contribution is 2.39. The molecule has 162 valence electrons. The highest BCUT2D eigenvalue weighted by Gasteiger charge is 2.20. The molecule has 1 saturated heterocycles. The Hall–Kier alpha value is -2.64. The maximum atomic E-state index is 12.5. The van der Waals surface area contributed by atoms with E-state index in [0.717, 1.165) is 36.9 Å². The number of para-hydroxylation sites is 1. The molecular weight excluding hydrogens is 406 g/mol. The molecule has 2 aromatic carbocycles. The Balaban J connectivity index is 1.50. The summed E-state index contributed by atoms with van der Waals surface area (Å²) in [7, 11) is 4.64. The molecule has 0 unspecified atom stereocenters. The Kier molecular flexibility index (Phi) is 7.65. The Morgan fingerprint density at radius 2 is 1.63 bits per heavy atom. The van der Waals surface area contributed by atoms with Crippen LogP contribution in [-0.2, 0) is 4.79 Å². The molecule has 1 aliphatic rings. The van der Waals surface area contributed by atoms with Gasteiger partial charge < -0.3 is 24.4 Å². The molecule has 0 radical (unpaired) electrons. The molecule has 8 heteroatoms. The van der Waals surface area contributed by atoms with Crippen molar-refractivity contribution in [2.24, 2.45) is 0 Å². The summed E-state index contributed by atoms with van der Waals surface area (Å²) in [6.45, 7) is 4.26. The first-order valence-electron chi connectivity index (χ1n) is 9.87. The van der Waals surface area contributed by atoms with Crippen LogP contribution in [0.15, 0.2) is 36.4 Å². The maximum Gasteiger partial charge on any atom is 0.225 e. The molecule has 2 aromatic rings. The van der Waals surface area contributed by atoms with Gasteiger partial charge in [-0.05, 0) is 12.1 Å². The van der Waals surface area contributed by atoms with Crippen molar-refractivity contribution in [1.82, 2.24) is 4.90 Å². The molecule has 7 nitrogen and oxygen atoms in total.